The van der Waals surface area contributed by atoms with Gasteiger partial charge in [0.2, 0.25) is 0 Å². The van der Waals surface area contributed by atoms with E-state index < -0.39 is 50.2 Å². The Balaban J connectivity index is 2.83. The third-order valence-electron chi connectivity index (χ3n) is 3.04. The number of hydrogen-bond donors (Lipinski definition) is 3. The van der Waals surface area contributed by atoms with Crippen molar-refractivity contribution < 1.29 is 32.6 Å². The lowest BCUT2D eigenvalue weighted by Crippen LogP contribution is -2.43. The van der Waals surface area contributed by atoms with Gasteiger partial charge in [-0.15, -0.1) is 0 Å². The van der Waals surface area contributed by atoms with Crippen molar-refractivity contribution in [3.63, 3.8) is 0 Å². The van der Waals surface area contributed by atoms with E-state index in [0.717, 1.165) is 11.0 Å². The number of hydrogen-bond acceptors (Lipinski definition) is 3. The normalized spacial score (nSPS) is 12.8. The van der Waals surface area contributed by atoms with E-state index in [1.165, 1.54) is 12.1 Å². The van der Waals surface area contributed by atoms with Gasteiger partial charge in [0.1, 0.15) is 5.82 Å². The van der Waals surface area contributed by atoms with Crippen LogP contribution in [0.15, 0.2) is 18.2 Å². The number of aliphatic hydroxyl groups excluding tert-OH is 2. The zero-order valence-corrected chi connectivity index (χ0v) is 12.4. The fraction of sp³-hybridized carbons (Fsp3) is 0.500. The second-order valence-electron chi connectivity index (χ2n) is 5.04. The standard InChI is InChI=1S/C14H18F4N2O3/c1-9-2-3-10(15)6-12(9)19-13(23)20(7-11(22)8-21)5-4-14(16,17)18/h2-3,6,11,21-22H,4-5,7-8H2,1H3,(H,19,23)/t11-/m0/s1. The van der Waals surface area contributed by atoms with Crippen molar-refractivity contribution in [2.24, 2.45) is 0 Å². The number of anilines is 1. The van der Waals surface area contributed by atoms with E-state index in [2.05, 4.69) is 5.32 Å². The summed E-state index contributed by atoms with van der Waals surface area (Å²) in [4.78, 5) is 12.8. The summed E-state index contributed by atoms with van der Waals surface area (Å²) in [6, 6.07) is 2.71. The molecule has 0 aliphatic rings. The average Bonchev–Trinajstić information content (AvgIpc) is 2.45. The number of carbonyl (C=O) groups is 1. The summed E-state index contributed by atoms with van der Waals surface area (Å²) in [6.07, 6.45) is -7.11. The molecule has 1 aromatic rings. The van der Waals surface area contributed by atoms with Gasteiger partial charge in [-0.3, -0.25) is 0 Å². The van der Waals surface area contributed by atoms with Gasteiger partial charge in [-0.1, -0.05) is 6.07 Å². The average molecular weight is 338 g/mol. The highest BCUT2D eigenvalue weighted by Gasteiger charge is 2.29. The number of amides is 2. The van der Waals surface area contributed by atoms with Gasteiger partial charge in [0.15, 0.2) is 0 Å². The highest BCUT2D eigenvalue weighted by molar-refractivity contribution is 5.90. The zero-order chi connectivity index (χ0) is 17.6. The van der Waals surface area contributed by atoms with Crippen molar-refractivity contribution in [2.45, 2.75) is 25.6 Å². The van der Waals surface area contributed by atoms with Crippen LogP contribution in [0.2, 0.25) is 0 Å². The lowest BCUT2D eigenvalue weighted by atomic mass is 10.2. The fourth-order valence-corrected chi connectivity index (χ4v) is 1.77. The molecule has 0 saturated heterocycles. The first kappa shape index (κ1) is 19.2. The van der Waals surface area contributed by atoms with Crippen LogP contribution < -0.4 is 5.32 Å². The Labute approximate surface area is 130 Å². The van der Waals surface area contributed by atoms with E-state index in [4.69, 9.17) is 5.11 Å². The minimum atomic E-state index is -4.47. The van der Waals surface area contributed by atoms with E-state index in [1.807, 2.05) is 0 Å². The molecule has 1 aromatic carbocycles. The van der Waals surface area contributed by atoms with Crippen molar-refractivity contribution in [1.29, 1.82) is 0 Å². The van der Waals surface area contributed by atoms with Gasteiger partial charge in [0.05, 0.1) is 25.7 Å². The van der Waals surface area contributed by atoms with Gasteiger partial charge in [-0.25, -0.2) is 9.18 Å². The molecule has 0 bridgehead atoms. The molecule has 0 heterocycles. The summed E-state index contributed by atoms with van der Waals surface area (Å²) in [6.45, 7) is -0.278. The van der Waals surface area contributed by atoms with Gasteiger partial charge >= 0.3 is 12.2 Å². The summed E-state index contributed by atoms with van der Waals surface area (Å²) < 4.78 is 50.1. The molecule has 0 aliphatic carbocycles. The van der Waals surface area contributed by atoms with Gasteiger partial charge in [-0.2, -0.15) is 13.2 Å². The van der Waals surface area contributed by atoms with E-state index in [1.54, 1.807) is 6.92 Å². The Bertz CT molecular complexity index is 537. The molecule has 0 spiro atoms. The molecule has 1 rings (SSSR count). The Hall–Kier alpha value is -1.87. The number of nitrogens with zero attached hydrogens (tertiary/aromatic N) is 1. The number of benzene rings is 1. The number of nitrogens with one attached hydrogen (secondary N) is 1. The SMILES string of the molecule is Cc1ccc(F)cc1NC(=O)N(CCC(F)(F)F)C[C@H](O)CO. The zero-order valence-electron chi connectivity index (χ0n) is 12.4. The highest BCUT2D eigenvalue weighted by Crippen LogP contribution is 2.21. The molecular formula is C14H18F4N2O3. The first-order valence-electron chi connectivity index (χ1n) is 6.80. The molecule has 5 nitrogen and oxygen atoms in total. The molecule has 0 fully saturated rings. The molecule has 2 amide bonds. The minimum absolute atomic E-state index is 0.116. The molecule has 9 heteroatoms. The van der Waals surface area contributed by atoms with Gasteiger partial charge in [0.25, 0.3) is 0 Å². The summed E-state index contributed by atoms with van der Waals surface area (Å²) in [5.41, 5.74) is 0.642. The van der Waals surface area contributed by atoms with E-state index in [0.29, 0.717) is 5.56 Å². The molecule has 130 valence electrons. The topological polar surface area (TPSA) is 72.8 Å². The van der Waals surface area contributed by atoms with Crippen LogP contribution in [0.25, 0.3) is 0 Å². The Morgan fingerprint density at radius 1 is 1.39 bits per heavy atom. The van der Waals surface area contributed by atoms with Crippen LogP contribution >= 0.6 is 0 Å². The number of halogens is 4. The number of rotatable bonds is 6. The lowest BCUT2D eigenvalue weighted by Gasteiger charge is -2.25. The second kappa shape index (κ2) is 8.11. The summed E-state index contributed by atoms with van der Waals surface area (Å²) in [5, 5.41) is 20.4. The first-order valence-corrected chi connectivity index (χ1v) is 6.80. The summed E-state index contributed by atoms with van der Waals surface area (Å²) in [5.74, 6) is -0.608. The third kappa shape index (κ3) is 6.83. The van der Waals surface area contributed by atoms with Crippen molar-refractivity contribution in [1.82, 2.24) is 4.90 Å². The number of aliphatic hydroxyl groups is 2. The van der Waals surface area contributed by atoms with Crippen LogP contribution in [-0.4, -0.2) is 53.1 Å². The molecule has 23 heavy (non-hydrogen) atoms. The van der Waals surface area contributed by atoms with Crippen molar-refractivity contribution in [2.75, 3.05) is 25.0 Å². The third-order valence-corrected chi connectivity index (χ3v) is 3.04. The lowest BCUT2D eigenvalue weighted by molar-refractivity contribution is -0.137. The highest BCUT2D eigenvalue weighted by atomic mass is 19.4. The smallest absolute Gasteiger partial charge is 0.390 e. The number of urea groups is 1. The van der Waals surface area contributed by atoms with E-state index in [-0.39, 0.29) is 5.69 Å². The van der Waals surface area contributed by atoms with Gasteiger partial charge in [-0.05, 0) is 24.6 Å². The van der Waals surface area contributed by atoms with Crippen LogP contribution in [0.3, 0.4) is 0 Å². The molecule has 0 aliphatic heterocycles. The quantitative estimate of drug-likeness (QED) is 0.697. The molecule has 0 unspecified atom stereocenters. The minimum Gasteiger partial charge on any atom is -0.394 e. The monoisotopic (exact) mass is 338 g/mol. The Morgan fingerprint density at radius 2 is 2.04 bits per heavy atom. The fourth-order valence-electron chi connectivity index (χ4n) is 1.77. The molecule has 0 saturated carbocycles. The van der Waals surface area contributed by atoms with Crippen molar-refractivity contribution in [3.05, 3.63) is 29.6 Å². The summed E-state index contributed by atoms with van der Waals surface area (Å²) in [7, 11) is 0. The Kier molecular flexibility index (Phi) is 6.77. The largest absolute Gasteiger partial charge is 0.394 e. The maximum absolute atomic E-state index is 13.2. The van der Waals surface area contributed by atoms with Crippen LogP contribution in [-0.2, 0) is 0 Å². The van der Waals surface area contributed by atoms with Gasteiger partial charge < -0.3 is 20.4 Å². The molecule has 0 aromatic heterocycles. The van der Waals surface area contributed by atoms with E-state index >= 15 is 0 Å². The van der Waals surface area contributed by atoms with Crippen LogP contribution in [0.4, 0.5) is 28.0 Å². The van der Waals surface area contributed by atoms with Crippen molar-refractivity contribution >= 4 is 11.7 Å². The van der Waals surface area contributed by atoms with Crippen LogP contribution in [0, 0.1) is 12.7 Å². The second-order valence-corrected chi connectivity index (χ2v) is 5.04. The maximum Gasteiger partial charge on any atom is 0.390 e. The maximum atomic E-state index is 13.2. The van der Waals surface area contributed by atoms with Gasteiger partial charge in [0, 0.05) is 12.2 Å². The molecule has 0 radical (unpaired) electrons. The number of aryl methyl sites for hydroxylation is 1. The van der Waals surface area contributed by atoms with E-state index in [9.17, 15) is 27.5 Å². The molecule has 3 N–H and O–H groups in total. The summed E-state index contributed by atoms with van der Waals surface area (Å²) >= 11 is 0. The predicted octanol–water partition coefficient (Wildman–Crippen LogP) is 2.27. The van der Waals surface area contributed by atoms with Crippen LogP contribution in [0.5, 0.6) is 0 Å². The molecular weight excluding hydrogens is 320 g/mol. The first-order chi connectivity index (χ1) is 10.6. The number of alkyl halides is 3. The predicted molar refractivity (Wildman–Crippen MR) is 75.5 cm³/mol. The Morgan fingerprint density at radius 3 is 2.61 bits per heavy atom. The van der Waals surface area contributed by atoms with Crippen molar-refractivity contribution in [3.8, 4) is 0 Å². The molecule has 1 atom stereocenters. The number of carbonyl (C=O) groups excluding carboxylic acids is 1. The van der Waals surface area contributed by atoms with Crippen LogP contribution in [0.1, 0.15) is 12.0 Å².